The Labute approximate surface area is 320 Å². The molecule has 276 valence electrons. The smallest absolute Gasteiger partial charge is 0.151 e. The lowest BCUT2D eigenvalue weighted by Gasteiger charge is -2.02. The molecule has 4 heterocycles. The SMILES string of the molecule is CCCCCCCCCCCCCCc1cc(C=O)c(-c2cc3sc(-c4sc(CCCCCCCCCCCCCC)cc4C=O)cc3s2)s1. The Balaban J connectivity index is 1.19. The number of carbonyl (C=O) groups excluding carboxylic acids is 2. The second-order valence-corrected chi connectivity index (χ2v) is 18.9. The van der Waals surface area contributed by atoms with Crippen LogP contribution in [0.25, 0.3) is 28.9 Å². The van der Waals surface area contributed by atoms with E-state index in [1.807, 2.05) is 0 Å². The Bertz CT molecular complexity index is 1360. The van der Waals surface area contributed by atoms with Gasteiger partial charge in [-0.3, -0.25) is 9.59 Å². The molecule has 0 radical (unpaired) electrons. The molecule has 4 aromatic heterocycles. The van der Waals surface area contributed by atoms with Gasteiger partial charge < -0.3 is 0 Å². The first kappa shape index (κ1) is 41.2. The summed E-state index contributed by atoms with van der Waals surface area (Å²) in [7, 11) is 0. The van der Waals surface area contributed by atoms with Crippen LogP contribution < -0.4 is 0 Å². The molecule has 0 atom stereocenters. The van der Waals surface area contributed by atoms with E-state index in [-0.39, 0.29) is 0 Å². The maximum Gasteiger partial charge on any atom is 0.151 e. The molecule has 0 aliphatic rings. The van der Waals surface area contributed by atoms with Crippen LogP contribution in [0.15, 0.2) is 24.3 Å². The summed E-state index contributed by atoms with van der Waals surface area (Å²) in [6.45, 7) is 4.57. The van der Waals surface area contributed by atoms with Gasteiger partial charge in [0.05, 0.1) is 9.75 Å². The maximum absolute atomic E-state index is 12.0. The predicted octanol–water partition coefficient (Wildman–Crippen LogP) is 16.5. The number of carbonyl (C=O) groups is 2. The van der Waals surface area contributed by atoms with Crippen molar-refractivity contribution in [1.82, 2.24) is 0 Å². The summed E-state index contributed by atoms with van der Waals surface area (Å²) in [4.78, 5) is 31.4. The van der Waals surface area contributed by atoms with Gasteiger partial charge >= 0.3 is 0 Å². The molecule has 0 N–H and O–H groups in total. The van der Waals surface area contributed by atoms with Gasteiger partial charge in [-0.15, -0.1) is 45.3 Å². The molecule has 0 saturated carbocycles. The number of rotatable bonds is 30. The highest BCUT2D eigenvalue weighted by Crippen LogP contribution is 2.46. The number of thiophene rings is 4. The Morgan fingerprint density at radius 2 is 0.700 bits per heavy atom. The minimum atomic E-state index is 0.835. The third kappa shape index (κ3) is 14.1. The van der Waals surface area contributed by atoms with Gasteiger partial charge in [0.1, 0.15) is 0 Å². The molecule has 0 saturated heterocycles. The highest BCUT2D eigenvalue weighted by atomic mass is 32.1. The van der Waals surface area contributed by atoms with Crippen LogP contribution in [0.4, 0.5) is 0 Å². The lowest BCUT2D eigenvalue weighted by molar-refractivity contribution is 0.111. The number of fused-ring (bicyclic) bond motifs is 1. The van der Waals surface area contributed by atoms with Crippen molar-refractivity contribution in [3.8, 4) is 19.5 Å². The fourth-order valence-electron chi connectivity index (χ4n) is 7.06. The van der Waals surface area contributed by atoms with Gasteiger partial charge in [-0.1, -0.05) is 155 Å². The van der Waals surface area contributed by atoms with Crippen LogP contribution in [0, 0.1) is 0 Å². The molecule has 0 spiro atoms. The molecule has 0 unspecified atom stereocenters. The fraction of sp³-hybridized carbons (Fsp3) is 0.636. The first-order valence-electron chi connectivity index (χ1n) is 20.4. The van der Waals surface area contributed by atoms with Crippen molar-refractivity contribution >= 4 is 67.3 Å². The largest absolute Gasteiger partial charge is 0.298 e. The van der Waals surface area contributed by atoms with Crippen molar-refractivity contribution in [2.45, 2.75) is 181 Å². The van der Waals surface area contributed by atoms with Crippen LogP contribution in [0.3, 0.4) is 0 Å². The van der Waals surface area contributed by atoms with E-state index in [0.29, 0.717) is 0 Å². The van der Waals surface area contributed by atoms with Crippen molar-refractivity contribution in [2.24, 2.45) is 0 Å². The molecule has 0 aliphatic heterocycles. The predicted molar refractivity (Wildman–Crippen MR) is 227 cm³/mol. The van der Waals surface area contributed by atoms with E-state index in [0.717, 1.165) is 46.3 Å². The fourth-order valence-corrected chi connectivity index (χ4v) is 12.0. The minimum absolute atomic E-state index is 0.835. The van der Waals surface area contributed by atoms with Gasteiger partial charge in [0.25, 0.3) is 0 Å². The molecule has 50 heavy (non-hydrogen) atoms. The van der Waals surface area contributed by atoms with Gasteiger partial charge in [0.2, 0.25) is 0 Å². The van der Waals surface area contributed by atoms with E-state index in [9.17, 15) is 9.59 Å². The Hall–Kier alpha value is -1.60. The minimum Gasteiger partial charge on any atom is -0.298 e. The van der Waals surface area contributed by atoms with Gasteiger partial charge in [-0.2, -0.15) is 0 Å². The second-order valence-electron chi connectivity index (χ2n) is 14.5. The number of aldehydes is 2. The van der Waals surface area contributed by atoms with Crippen LogP contribution in [-0.2, 0) is 12.8 Å². The molecule has 6 heteroatoms. The lowest BCUT2D eigenvalue weighted by atomic mass is 10.0. The number of hydrogen-bond acceptors (Lipinski definition) is 6. The zero-order chi connectivity index (χ0) is 35.2. The molecule has 4 aromatic rings. The van der Waals surface area contributed by atoms with Crippen molar-refractivity contribution in [3.63, 3.8) is 0 Å². The van der Waals surface area contributed by atoms with Crippen LogP contribution >= 0.6 is 45.3 Å². The standard InChI is InChI=1S/C44H64O2S4/c1-3-5-7-9-11-13-15-17-19-21-23-25-27-37-29-35(33-45)43(47-37)41-31-39-40(49-41)32-42(50-39)44-36(34-46)30-38(48-44)28-26-24-22-20-18-16-14-12-10-8-6-4-2/h29-34H,3-28H2,1-2H3. The number of hydrogen-bond donors (Lipinski definition) is 0. The van der Waals surface area contributed by atoms with E-state index in [1.54, 1.807) is 45.3 Å². The van der Waals surface area contributed by atoms with Gasteiger partial charge in [0.15, 0.2) is 12.6 Å². The third-order valence-electron chi connectivity index (χ3n) is 10.1. The molecular formula is C44H64O2S4. The molecule has 0 fully saturated rings. The van der Waals surface area contributed by atoms with E-state index < -0.39 is 0 Å². The summed E-state index contributed by atoms with van der Waals surface area (Å²) in [6, 6.07) is 8.79. The average Bonchev–Trinajstić information content (AvgIpc) is 3.91. The first-order valence-corrected chi connectivity index (χ1v) is 23.6. The second kappa shape index (κ2) is 24.6. The van der Waals surface area contributed by atoms with Crippen LogP contribution in [0.2, 0.25) is 0 Å². The summed E-state index contributed by atoms with van der Waals surface area (Å²) in [5.74, 6) is 0. The first-order chi connectivity index (χ1) is 24.7. The molecule has 0 bridgehead atoms. The summed E-state index contributed by atoms with van der Waals surface area (Å²) in [5.41, 5.74) is 1.67. The van der Waals surface area contributed by atoms with Gasteiger partial charge in [-0.25, -0.2) is 0 Å². The summed E-state index contributed by atoms with van der Waals surface area (Å²) in [5, 5.41) is 0. The molecular weight excluding hydrogens is 689 g/mol. The summed E-state index contributed by atoms with van der Waals surface area (Å²) in [6.07, 6.45) is 36.9. The van der Waals surface area contributed by atoms with Crippen molar-refractivity contribution in [2.75, 3.05) is 0 Å². The van der Waals surface area contributed by atoms with E-state index >= 15 is 0 Å². The average molecular weight is 753 g/mol. The maximum atomic E-state index is 12.0. The van der Waals surface area contributed by atoms with E-state index in [2.05, 4.69) is 38.1 Å². The Morgan fingerprint density at radius 3 is 1.00 bits per heavy atom. The van der Waals surface area contributed by atoms with E-state index in [4.69, 9.17) is 0 Å². The third-order valence-corrected chi connectivity index (χ3v) is 15.2. The lowest BCUT2D eigenvalue weighted by Crippen LogP contribution is -1.84. The highest BCUT2D eigenvalue weighted by Gasteiger charge is 2.18. The van der Waals surface area contributed by atoms with Gasteiger partial charge in [0, 0.05) is 40.0 Å². The summed E-state index contributed by atoms with van der Waals surface area (Å²) >= 11 is 7.18. The molecule has 0 aliphatic carbocycles. The summed E-state index contributed by atoms with van der Waals surface area (Å²) < 4.78 is 2.50. The Morgan fingerprint density at radius 1 is 0.400 bits per heavy atom. The molecule has 4 rings (SSSR count). The zero-order valence-electron chi connectivity index (χ0n) is 31.3. The molecule has 0 amide bonds. The number of aryl methyl sites for hydroxylation is 2. The van der Waals surface area contributed by atoms with Crippen LogP contribution in [0.1, 0.15) is 198 Å². The number of unbranched alkanes of at least 4 members (excludes halogenated alkanes) is 22. The van der Waals surface area contributed by atoms with Crippen LogP contribution in [-0.4, -0.2) is 12.6 Å². The molecule has 2 nitrogen and oxygen atoms in total. The van der Waals surface area contributed by atoms with Crippen LogP contribution in [0.5, 0.6) is 0 Å². The van der Waals surface area contributed by atoms with Crippen molar-refractivity contribution in [1.29, 1.82) is 0 Å². The Kier molecular flexibility index (Phi) is 20.3. The normalized spacial score (nSPS) is 11.6. The highest BCUT2D eigenvalue weighted by molar-refractivity contribution is 7.33. The zero-order valence-corrected chi connectivity index (χ0v) is 34.6. The molecule has 0 aromatic carbocycles. The van der Waals surface area contributed by atoms with Crippen molar-refractivity contribution in [3.05, 3.63) is 45.1 Å². The van der Waals surface area contributed by atoms with E-state index in [1.165, 1.54) is 183 Å². The quantitative estimate of drug-likeness (QED) is 0.0393. The monoisotopic (exact) mass is 752 g/mol. The topological polar surface area (TPSA) is 34.1 Å². The van der Waals surface area contributed by atoms with Gasteiger partial charge in [-0.05, 0) is 49.9 Å². The van der Waals surface area contributed by atoms with Crippen molar-refractivity contribution < 1.29 is 9.59 Å².